The van der Waals surface area contributed by atoms with E-state index in [-0.39, 0.29) is 6.01 Å². The molecule has 166 valence electrons. The standard InChI is InChI=1S/C24H23N7OS/c1-16-5-6-20-23(28-16)33-22(29-20)18(14-25)19-8-10-27-24(30-19)32-15-17-7-9-26-21(13-17)31-11-3-2-4-12-31/h5-10,13,18H,2-4,11-12,15H2,1H3. The highest BCUT2D eigenvalue weighted by atomic mass is 32.1. The molecule has 0 aliphatic carbocycles. The van der Waals surface area contributed by atoms with Gasteiger partial charge in [-0.1, -0.05) is 11.3 Å². The van der Waals surface area contributed by atoms with Gasteiger partial charge in [0.25, 0.3) is 0 Å². The van der Waals surface area contributed by atoms with Crippen molar-refractivity contribution < 1.29 is 4.74 Å². The van der Waals surface area contributed by atoms with Gasteiger partial charge in [-0.3, -0.25) is 0 Å². The Morgan fingerprint density at radius 1 is 1.06 bits per heavy atom. The average molecular weight is 458 g/mol. The number of rotatable bonds is 6. The second-order valence-corrected chi connectivity index (χ2v) is 9.02. The summed E-state index contributed by atoms with van der Waals surface area (Å²) in [4.78, 5) is 25.5. The van der Waals surface area contributed by atoms with E-state index >= 15 is 0 Å². The van der Waals surface area contributed by atoms with Crippen LogP contribution in [0.2, 0.25) is 0 Å². The fraction of sp³-hybridized carbons (Fsp3) is 0.333. The summed E-state index contributed by atoms with van der Waals surface area (Å²) in [6.45, 7) is 4.35. The Kier molecular flexibility index (Phi) is 6.09. The van der Waals surface area contributed by atoms with Gasteiger partial charge in [-0.15, -0.1) is 0 Å². The lowest BCUT2D eigenvalue weighted by molar-refractivity contribution is 0.279. The summed E-state index contributed by atoms with van der Waals surface area (Å²) in [5.74, 6) is 0.371. The number of ether oxygens (including phenoxy) is 1. The lowest BCUT2D eigenvalue weighted by Crippen LogP contribution is -2.30. The van der Waals surface area contributed by atoms with Crippen molar-refractivity contribution in [2.75, 3.05) is 18.0 Å². The lowest BCUT2D eigenvalue weighted by Gasteiger charge is -2.27. The quantitative estimate of drug-likeness (QED) is 0.420. The molecule has 9 heteroatoms. The van der Waals surface area contributed by atoms with E-state index in [4.69, 9.17) is 4.74 Å². The SMILES string of the molecule is Cc1ccc2nc(C(C#N)c3ccnc(OCc4ccnc(N5CCCCC5)c4)n3)sc2n1. The summed E-state index contributed by atoms with van der Waals surface area (Å²) in [7, 11) is 0. The summed E-state index contributed by atoms with van der Waals surface area (Å²) in [5.41, 5.74) is 3.27. The Bertz CT molecular complexity index is 1310. The molecule has 4 aromatic rings. The van der Waals surface area contributed by atoms with Crippen LogP contribution in [0.3, 0.4) is 0 Å². The third-order valence-corrected chi connectivity index (χ3v) is 6.63. The van der Waals surface area contributed by atoms with Gasteiger partial charge in [0.15, 0.2) is 0 Å². The van der Waals surface area contributed by atoms with Crippen LogP contribution in [0.15, 0.2) is 42.7 Å². The molecule has 1 saturated heterocycles. The van der Waals surface area contributed by atoms with Gasteiger partial charge in [0, 0.05) is 31.2 Å². The van der Waals surface area contributed by atoms with Crippen LogP contribution in [0.4, 0.5) is 5.82 Å². The number of fused-ring (bicyclic) bond motifs is 1. The average Bonchev–Trinajstić information content (AvgIpc) is 3.27. The molecule has 33 heavy (non-hydrogen) atoms. The molecule has 1 fully saturated rings. The molecule has 0 spiro atoms. The molecule has 5 rings (SSSR count). The molecular formula is C24H23N7OS. The van der Waals surface area contributed by atoms with Crippen LogP contribution in [0.5, 0.6) is 6.01 Å². The van der Waals surface area contributed by atoms with Crippen molar-refractivity contribution >= 4 is 27.5 Å². The minimum absolute atomic E-state index is 0.235. The van der Waals surface area contributed by atoms with Gasteiger partial charge in [0.1, 0.15) is 33.7 Å². The van der Waals surface area contributed by atoms with Crippen LogP contribution in [0, 0.1) is 18.3 Å². The number of aryl methyl sites for hydroxylation is 1. The molecule has 0 N–H and O–H groups in total. The van der Waals surface area contributed by atoms with E-state index in [2.05, 4.69) is 42.0 Å². The Hall–Kier alpha value is -3.64. The van der Waals surface area contributed by atoms with Gasteiger partial charge in [0.05, 0.1) is 11.8 Å². The first kappa shape index (κ1) is 21.2. The van der Waals surface area contributed by atoms with Crippen LogP contribution in [-0.2, 0) is 6.61 Å². The molecule has 0 amide bonds. The van der Waals surface area contributed by atoms with Crippen LogP contribution < -0.4 is 9.64 Å². The molecule has 4 aromatic heterocycles. The fourth-order valence-electron chi connectivity index (χ4n) is 3.88. The monoisotopic (exact) mass is 457 g/mol. The molecule has 1 atom stereocenters. The zero-order valence-corrected chi connectivity index (χ0v) is 19.1. The number of hydrogen-bond acceptors (Lipinski definition) is 9. The number of piperidine rings is 1. The van der Waals surface area contributed by atoms with Crippen molar-refractivity contribution in [1.82, 2.24) is 24.9 Å². The molecule has 8 nitrogen and oxygen atoms in total. The van der Waals surface area contributed by atoms with Crippen molar-refractivity contribution in [1.29, 1.82) is 5.26 Å². The number of nitrogens with zero attached hydrogens (tertiary/aromatic N) is 7. The molecule has 5 heterocycles. The summed E-state index contributed by atoms with van der Waals surface area (Å²) in [5, 5.41) is 10.5. The molecule has 1 aliphatic heterocycles. The van der Waals surface area contributed by atoms with Crippen molar-refractivity contribution in [3.05, 3.63) is 64.7 Å². The predicted octanol–water partition coefficient (Wildman–Crippen LogP) is 4.41. The van der Waals surface area contributed by atoms with Gasteiger partial charge >= 0.3 is 6.01 Å². The first-order valence-corrected chi connectivity index (χ1v) is 11.8. The fourth-order valence-corrected chi connectivity index (χ4v) is 4.92. The highest BCUT2D eigenvalue weighted by molar-refractivity contribution is 7.18. The smallest absolute Gasteiger partial charge is 0.316 e. The van der Waals surface area contributed by atoms with Crippen LogP contribution in [-0.4, -0.2) is 38.0 Å². The molecule has 1 aliphatic rings. The summed E-state index contributed by atoms with van der Waals surface area (Å²) in [6, 6.07) is 12.1. The van der Waals surface area contributed by atoms with E-state index in [1.165, 1.54) is 30.6 Å². The summed E-state index contributed by atoms with van der Waals surface area (Å²) >= 11 is 1.41. The van der Waals surface area contributed by atoms with Crippen molar-refractivity contribution in [3.63, 3.8) is 0 Å². The maximum Gasteiger partial charge on any atom is 0.316 e. The number of nitriles is 1. The molecule has 0 radical (unpaired) electrons. The topological polar surface area (TPSA) is 101 Å². The normalized spacial score (nSPS) is 14.7. The van der Waals surface area contributed by atoms with Gasteiger partial charge in [0.2, 0.25) is 0 Å². The van der Waals surface area contributed by atoms with E-state index in [0.29, 0.717) is 17.3 Å². The minimum atomic E-state index is -0.610. The zero-order chi connectivity index (χ0) is 22.6. The zero-order valence-electron chi connectivity index (χ0n) is 18.3. The number of anilines is 1. The maximum absolute atomic E-state index is 9.85. The van der Waals surface area contributed by atoms with Crippen molar-refractivity contribution in [2.24, 2.45) is 0 Å². The van der Waals surface area contributed by atoms with Crippen LogP contribution in [0.1, 0.15) is 47.1 Å². The number of pyridine rings is 2. The second kappa shape index (κ2) is 9.46. The van der Waals surface area contributed by atoms with E-state index in [1.54, 1.807) is 12.3 Å². The minimum Gasteiger partial charge on any atom is -0.459 e. The van der Waals surface area contributed by atoms with E-state index < -0.39 is 5.92 Å². The Morgan fingerprint density at radius 3 is 2.76 bits per heavy atom. The Labute approximate surface area is 196 Å². The van der Waals surface area contributed by atoms with Gasteiger partial charge in [-0.25, -0.2) is 19.9 Å². The maximum atomic E-state index is 9.85. The van der Waals surface area contributed by atoms with Gasteiger partial charge < -0.3 is 9.64 Å². The summed E-state index contributed by atoms with van der Waals surface area (Å²) < 4.78 is 5.87. The van der Waals surface area contributed by atoms with Gasteiger partial charge in [-0.2, -0.15) is 10.2 Å². The van der Waals surface area contributed by atoms with Crippen molar-refractivity contribution in [3.8, 4) is 12.1 Å². The first-order valence-electron chi connectivity index (χ1n) is 11.0. The van der Waals surface area contributed by atoms with E-state index in [9.17, 15) is 5.26 Å². The molecule has 1 unspecified atom stereocenters. The lowest BCUT2D eigenvalue weighted by atomic mass is 10.1. The number of aromatic nitrogens is 5. The van der Waals surface area contributed by atoms with Gasteiger partial charge in [-0.05, 0) is 62.1 Å². The largest absolute Gasteiger partial charge is 0.459 e. The third kappa shape index (κ3) is 4.76. The third-order valence-electron chi connectivity index (χ3n) is 5.60. The number of hydrogen-bond donors (Lipinski definition) is 0. The van der Waals surface area contributed by atoms with E-state index in [1.807, 2.05) is 31.3 Å². The van der Waals surface area contributed by atoms with E-state index in [0.717, 1.165) is 40.5 Å². The first-order chi connectivity index (χ1) is 16.2. The highest BCUT2D eigenvalue weighted by Crippen LogP contribution is 2.30. The van der Waals surface area contributed by atoms with Crippen molar-refractivity contribution in [2.45, 2.75) is 38.7 Å². The predicted molar refractivity (Wildman–Crippen MR) is 126 cm³/mol. The number of thiazole rings is 1. The Balaban J connectivity index is 1.32. The van der Waals surface area contributed by atoms with Crippen LogP contribution in [0.25, 0.3) is 10.3 Å². The molecule has 0 bridgehead atoms. The highest BCUT2D eigenvalue weighted by Gasteiger charge is 2.21. The molecule has 0 aromatic carbocycles. The molecular weight excluding hydrogens is 434 g/mol. The molecule has 0 saturated carbocycles. The Morgan fingerprint density at radius 2 is 1.91 bits per heavy atom. The second-order valence-electron chi connectivity index (χ2n) is 8.01. The van der Waals surface area contributed by atoms with Crippen LogP contribution >= 0.6 is 11.3 Å². The summed E-state index contributed by atoms with van der Waals surface area (Å²) in [6.07, 6.45) is 7.11.